The summed E-state index contributed by atoms with van der Waals surface area (Å²) in [6, 6.07) is 47.9. The van der Waals surface area contributed by atoms with Crippen LogP contribution in [0.5, 0.6) is 0 Å². The van der Waals surface area contributed by atoms with Crippen LogP contribution in [0.15, 0.2) is 133 Å². The summed E-state index contributed by atoms with van der Waals surface area (Å²) < 4.78 is 2.30. The molecule has 0 bridgehead atoms. The lowest BCUT2D eigenvalue weighted by Gasteiger charge is -2.11. The van der Waals surface area contributed by atoms with E-state index in [-0.39, 0.29) is 0 Å². The molecule has 2 nitrogen and oxygen atoms in total. The van der Waals surface area contributed by atoms with Gasteiger partial charge >= 0.3 is 0 Å². The fraction of sp³-hybridized carbons (Fsp3) is 0. The van der Waals surface area contributed by atoms with Gasteiger partial charge in [-0.05, 0) is 80.9 Å². The first-order valence-electron chi connectivity index (χ1n) is 12.6. The third-order valence-corrected chi connectivity index (χ3v) is 7.54. The monoisotopic (exact) mass is 470 g/mol. The van der Waals surface area contributed by atoms with Gasteiger partial charge in [-0.1, -0.05) is 91.0 Å². The van der Waals surface area contributed by atoms with Gasteiger partial charge in [-0.3, -0.25) is 4.40 Å². The third kappa shape index (κ3) is 3.09. The van der Waals surface area contributed by atoms with E-state index in [9.17, 15) is 0 Å². The standard InChI is InChI=1S/C35H22N2/c1-2-8-23(9-3-1)24-14-15-26-21-27(17-16-25(26)20-24)28-18-19-30-31(22-28)29-10-4-6-12-33(29)37-34-13-7-5-11-32(34)36-35(30)37/h1-22H. The minimum absolute atomic E-state index is 1.01. The minimum Gasteiger partial charge on any atom is -0.292 e. The summed E-state index contributed by atoms with van der Waals surface area (Å²) in [6.07, 6.45) is 0. The molecule has 0 aliphatic carbocycles. The van der Waals surface area contributed by atoms with Crippen LogP contribution in [0.4, 0.5) is 0 Å². The molecule has 0 aliphatic rings. The molecular weight excluding hydrogens is 448 g/mol. The van der Waals surface area contributed by atoms with Crippen LogP contribution in [0, 0.1) is 0 Å². The molecule has 0 saturated carbocycles. The number of hydrogen-bond acceptors (Lipinski definition) is 1. The molecule has 2 heterocycles. The number of imidazole rings is 1. The Balaban J connectivity index is 1.33. The third-order valence-electron chi connectivity index (χ3n) is 7.54. The lowest BCUT2D eigenvalue weighted by molar-refractivity contribution is 1.31. The van der Waals surface area contributed by atoms with Gasteiger partial charge in [0.25, 0.3) is 0 Å². The average Bonchev–Trinajstić information content (AvgIpc) is 3.37. The van der Waals surface area contributed by atoms with Crippen molar-refractivity contribution in [3.8, 4) is 22.3 Å². The molecule has 0 amide bonds. The number of rotatable bonds is 2. The Morgan fingerprint density at radius 2 is 1.03 bits per heavy atom. The van der Waals surface area contributed by atoms with Gasteiger partial charge in [-0.25, -0.2) is 4.98 Å². The first-order valence-corrected chi connectivity index (χ1v) is 12.6. The van der Waals surface area contributed by atoms with Gasteiger partial charge in [0.2, 0.25) is 0 Å². The van der Waals surface area contributed by atoms with Crippen LogP contribution < -0.4 is 0 Å². The topological polar surface area (TPSA) is 17.3 Å². The fourth-order valence-electron chi connectivity index (χ4n) is 5.72. The van der Waals surface area contributed by atoms with Crippen molar-refractivity contribution < 1.29 is 0 Å². The van der Waals surface area contributed by atoms with E-state index in [0.717, 1.165) is 16.7 Å². The number of hydrogen-bond donors (Lipinski definition) is 0. The summed E-state index contributed by atoms with van der Waals surface area (Å²) in [5.41, 5.74) is 9.28. The molecule has 0 unspecified atom stereocenters. The van der Waals surface area contributed by atoms with Gasteiger partial charge in [0.15, 0.2) is 0 Å². The molecule has 6 aromatic carbocycles. The van der Waals surface area contributed by atoms with E-state index in [4.69, 9.17) is 4.98 Å². The summed E-state index contributed by atoms with van der Waals surface area (Å²) in [7, 11) is 0. The Kier molecular flexibility index (Phi) is 4.26. The Morgan fingerprint density at radius 3 is 1.84 bits per heavy atom. The van der Waals surface area contributed by atoms with E-state index in [1.807, 2.05) is 0 Å². The number of fused-ring (bicyclic) bond motifs is 9. The van der Waals surface area contributed by atoms with Gasteiger partial charge < -0.3 is 0 Å². The first-order chi connectivity index (χ1) is 18.3. The molecule has 0 N–H and O–H groups in total. The highest BCUT2D eigenvalue weighted by Gasteiger charge is 2.14. The van der Waals surface area contributed by atoms with Crippen LogP contribution in [-0.2, 0) is 0 Å². The van der Waals surface area contributed by atoms with E-state index in [1.54, 1.807) is 0 Å². The van der Waals surface area contributed by atoms with Gasteiger partial charge in [-0.2, -0.15) is 0 Å². The SMILES string of the molecule is c1ccc(-c2ccc3cc(-c4ccc5c(c4)c4ccccc4n4c6ccccc6nc54)ccc3c2)cc1. The van der Waals surface area contributed by atoms with E-state index in [1.165, 1.54) is 54.7 Å². The second-order valence-electron chi connectivity index (χ2n) is 9.68. The van der Waals surface area contributed by atoms with Crippen LogP contribution in [-0.4, -0.2) is 9.38 Å². The van der Waals surface area contributed by atoms with Crippen molar-refractivity contribution in [3.05, 3.63) is 133 Å². The highest BCUT2D eigenvalue weighted by atomic mass is 15.0. The molecule has 0 spiro atoms. The zero-order chi connectivity index (χ0) is 24.3. The van der Waals surface area contributed by atoms with Crippen molar-refractivity contribution >= 4 is 49.1 Å². The molecule has 37 heavy (non-hydrogen) atoms. The van der Waals surface area contributed by atoms with Crippen molar-refractivity contribution in [2.45, 2.75) is 0 Å². The predicted molar refractivity (Wildman–Crippen MR) is 156 cm³/mol. The van der Waals surface area contributed by atoms with Crippen molar-refractivity contribution in [1.29, 1.82) is 0 Å². The zero-order valence-electron chi connectivity index (χ0n) is 20.1. The van der Waals surface area contributed by atoms with Gasteiger partial charge in [0.1, 0.15) is 5.65 Å². The van der Waals surface area contributed by atoms with E-state index < -0.39 is 0 Å². The number of nitrogens with zero attached hydrogens (tertiary/aromatic N) is 2. The molecule has 0 atom stereocenters. The van der Waals surface area contributed by atoms with Crippen molar-refractivity contribution in [3.63, 3.8) is 0 Å². The summed E-state index contributed by atoms with van der Waals surface area (Å²) in [5, 5.41) is 6.14. The molecule has 8 aromatic rings. The first kappa shape index (κ1) is 20.3. The van der Waals surface area contributed by atoms with Crippen LogP contribution in [0.2, 0.25) is 0 Å². The smallest absolute Gasteiger partial charge is 0.146 e. The summed E-state index contributed by atoms with van der Waals surface area (Å²) in [6.45, 7) is 0. The Morgan fingerprint density at radius 1 is 0.405 bits per heavy atom. The highest BCUT2D eigenvalue weighted by molar-refractivity contribution is 6.14. The van der Waals surface area contributed by atoms with Crippen LogP contribution in [0.3, 0.4) is 0 Å². The lowest BCUT2D eigenvalue weighted by atomic mass is 9.96. The molecule has 0 fully saturated rings. The molecule has 2 aromatic heterocycles. The molecular formula is C35H22N2. The van der Waals surface area contributed by atoms with E-state index in [2.05, 4.69) is 138 Å². The summed E-state index contributed by atoms with van der Waals surface area (Å²) >= 11 is 0. The van der Waals surface area contributed by atoms with Gasteiger partial charge in [-0.15, -0.1) is 0 Å². The maximum Gasteiger partial charge on any atom is 0.146 e. The van der Waals surface area contributed by atoms with Crippen molar-refractivity contribution in [2.75, 3.05) is 0 Å². The fourth-order valence-corrected chi connectivity index (χ4v) is 5.72. The Bertz CT molecular complexity index is 2140. The minimum atomic E-state index is 1.01. The molecule has 0 radical (unpaired) electrons. The second kappa shape index (κ2) is 7.78. The summed E-state index contributed by atoms with van der Waals surface area (Å²) in [4.78, 5) is 5.03. The molecule has 2 heteroatoms. The Labute approximate surface area is 214 Å². The molecule has 0 aliphatic heterocycles. The largest absolute Gasteiger partial charge is 0.292 e. The number of pyridine rings is 1. The molecule has 8 rings (SSSR count). The predicted octanol–water partition coefficient (Wildman–Crippen LogP) is 9.28. The highest BCUT2D eigenvalue weighted by Crippen LogP contribution is 2.36. The maximum atomic E-state index is 5.03. The normalized spacial score (nSPS) is 11.8. The van der Waals surface area contributed by atoms with E-state index >= 15 is 0 Å². The van der Waals surface area contributed by atoms with Crippen molar-refractivity contribution in [2.24, 2.45) is 0 Å². The quantitative estimate of drug-likeness (QED) is 0.230. The van der Waals surface area contributed by atoms with E-state index in [0.29, 0.717) is 0 Å². The van der Waals surface area contributed by atoms with Crippen molar-refractivity contribution in [1.82, 2.24) is 9.38 Å². The van der Waals surface area contributed by atoms with Crippen LogP contribution in [0.1, 0.15) is 0 Å². The maximum absolute atomic E-state index is 5.03. The lowest BCUT2D eigenvalue weighted by Crippen LogP contribution is -1.92. The molecule has 172 valence electrons. The number of benzene rings is 6. The Hall–Kier alpha value is -4.95. The van der Waals surface area contributed by atoms with Crippen LogP contribution in [0.25, 0.3) is 71.4 Å². The van der Waals surface area contributed by atoms with Crippen LogP contribution >= 0.6 is 0 Å². The molecule has 0 saturated heterocycles. The van der Waals surface area contributed by atoms with Gasteiger partial charge in [0.05, 0.1) is 16.6 Å². The zero-order valence-corrected chi connectivity index (χ0v) is 20.1. The van der Waals surface area contributed by atoms with Gasteiger partial charge in [0, 0.05) is 10.8 Å². The second-order valence-corrected chi connectivity index (χ2v) is 9.68. The number of para-hydroxylation sites is 3. The average molecular weight is 471 g/mol. The summed E-state index contributed by atoms with van der Waals surface area (Å²) in [5.74, 6) is 0. The number of aromatic nitrogens is 2.